The van der Waals surface area contributed by atoms with Gasteiger partial charge in [0.2, 0.25) is 12.0 Å². The molecule has 8 unspecified atom stereocenters. The van der Waals surface area contributed by atoms with Crippen molar-refractivity contribution in [2.24, 2.45) is 10.8 Å². The van der Waals surface area contributed by atoms with E-state index in [0.717, 1.165) is 38.5 Å². The van der Waals surface area contributed by atoms with Gasteiger partial charge in [0.1, 0.15) is 42.0 Å². The maximum absolute atomic E-state index is 15.1. The Balaban J connectivity index is 1.12. The van der Waals surface area contributed by atoms with E-state index in [0.29, 0.717) is 29.5 Å². The Hall–Kier alpha value is -5.20. The number of esters is 4. The van der Waals surface area contributed by atoms with Gasteiger partial charge in [-0.25, -0.2) is 9.59 Å². The fourth-order valence-corrected chi connectivity index (χ4v) is 10.3. The summed E-state index contributed by atoms with van der Waals surface area (Å²) in [4.78, 5) is 87.2. The molecule has 2 bridgehead atoms. The summed E-state index contributed by atoms with van der Waals surface area (Å²) in [5.74, 6) is -4.20. The number of amides is 2. The van der Waals surface area contributed by atoms with Gasteiger partial charge in [-0.05, 0) is 74.9 Å². The zero-order valence-corrected chi connectivity index (χ0v) is 41.6. The molecule has 1 aliphatic carbocycles. The molecule has 2 aromatic carbocycles. The van der Waals surface area contributed by atoms with Gasteiger partial charge in [-0.3, -0.25) is 24.0 Å². The number of unbranched alkanes of at least 4 members (excludes halogenated alkanes) is 4. The second-order valence-electron chi connectivity index (χ2n) is 21.1. The molecule has 0 aromatic heterocycles. The number of aliphatic hydroxyl groups excluding tert-OH is 1. The first-order chi connectivity index (χ1) is 33.3. The van der Waals surface area contributed by atoms with E-state index in [4.69, 9.17) is 33.3 Å². The molecule has 2 aromatic rings. The molecule has 70 heavy (non-hydrogen) atoms. The van der Waals surface area contributed by atoms with E-state index in [1.165, 1.54) is 11.1 Å². The van der Waals surface area contributed by atoms with E-state index >= 15 is 4.79 Å². The number of hydrogen-bond acceptors (Lipinski definition) is 15. The van der Waals surface area contributed by atoms with E-state index in [9.17, 15) is 29.1 Å². The predicted octanol–water partition coefficient (Wildman–Crippen LogP) is 6.16. The van der Waals surface area contributed by atoms with Gasteiger partial charge in [-0.1, -0.05) is 89.8 Å². The van der Waals surface area contributed by atoms with Gasteiger partial charge in [0.15, 0.2) is 11.8 Å². The third-order valence-corrected chi connectivity index (χ3v) is 13.8. The van der Waals surface area contributed by atoms with Crippen molar-refractivity contribution in [1.82, 2.24) is 15.7 Å². The maximum atomic E-state index is 15.1. The summed E-state index contributed by atoms with van der Waals surface area (Å²) in [6.07, 6.45) is 5.94. The number of fused-ring (bicyclic) bond motifs is 4. The molecule has 17 heteroatoms. The number of hydrogen-bond donors (Lipinski definition) is 3. The highest BCUT2D eigenvalue weighted by atomic mass is 16.8. The monoisotopic (exact) mass is 973 g/mol. The Kier molecular flexibility index (Phi) is 16.6. The average Bonchev–Trinajstić information content (AvgIpc) is 3.95. The van der Waals surface area contributed by atoms with E-state index in [2.05, 4.69) is 24.5 Å². The Morgan fingerprint density at radius 3 is 2.30 bits per heavy atom. The van der Waals surface area contributed by atoms with Gasteiger partial charge in [-0.2, -0.15) is 5.06 Å². The first-order valence-electron chi connectivity index (χ1n) is 24.9. The molecule has 5 fully saturated rings. The summed E-state index contributed by atoms with van der Waals surface area (Å²) in [5, 5.41) is 17.4. The number of hydroxylamine groups is 2. The lowest BCUT2D eigenvalue weighted by molar-refractivity contribution is -0.224. The highest BCUT2D eigenvalue weighted by Gasteiger charge is 2.76. The minimum atomic E-state index is -1.47. The van der Waals surface area contributed by atoms with Crippen LogP contribution in [0, 0.1) is 10.8 Å². The number of aliphatic hydroxyl groups is 1. The third-order valence-electron chi connectivity index (χ3n) is 13.8. The number of nitrogens with zero attached hydrogens (tertiary/aromatic N) is 1. The van der Waals surface area contributed by atoms with E-state index < -0.39 is 101 Å². The van der Waals surface area contributed by atoms with Crippen LogP contribution >= 0.6 is 0 Å². The molecule has 8 atom stereocenters. The van der Waals surface area contributed by atoms with Crippen LogP contribution in [-0.2, 0) is 70.3 Å². The van der Waals surface area contributed by atoms with E-state index in [1.807, 2.05) is 12.1 Å². The predicted molar refractivity (Wildman–Crippen MR) is 254 cm³/mol. The van der Waals surface area contributed by atoms with Gasteiger partial charge >= 0.3 is 23.9 Å². The second-order valence-corrected chi connectivity index (χ2v) is 21.1. The number of benzene rings is 2. The minimum absolute atomic E-state index is 0.00258. The fraction of sp³-hybridized carbons (Fsp3) is 0.623. The van der Waals surface area contributed by atoms with Gasteiger partial charge in [0.05, 0.1) is 19.2 Å². The molecule has 5 aliphatic rings. The van der Waals surface area contributed by atoms with Gasteiger partial charge in [0, 0.05) is 49.3 Å². The Labute approximate surface area is 410 Å². The Morgan fingerprint density at radius 2 is 1.63 bits per heavy atom. The molecule has 0 spiro atoms. The number of rotatable bonds is 22. The normalized spacial score (nSPS) is 26.8. The molecule has 382 valence electrons. The molecule has 2 amide bonds. The Bertz CT molecular complexity index is 2260. The maximum Gasteiger partial charge on any atom is 0.348 e. The van der Waals surface area contributed by atoms with Crippen LogP contribution in [0.5, 0.6) is 0 Å². The standard InChI is InChI=1S/C53H71N3O14/c1-8-10-12-24-52(25-13-11-9-2)68-41-38-28-53(49(63)54-29-34-17-15-19-36(27-34)46(60)55-37(31-57)21-23-40(59)67-50(3,4)5)43(47(61)65-38)56(70-44(53)42(41)69-52)30-35-18-14-16-33(26-35)20-22-39(58)66-45-48(62)64-32-51(45,6)7/h14-20,22,26-27,37-38,41-45,57H,8-13,21,23-25,28-32H2,1-7H3,(H,54,63)(H,55,60). The van der Waals surface area contributed by atoms with Crippen LogP contribution in [0.4, 0.5) is 0 Å². The lowest BCUT2D eigenvalue weighted by Crippen LogP contribution is -2.69. The van der Waals surface area contributed by atoms with Crippen molar-refractivity contribution in [3.63, 3.8) is 0 Å². The molecule has 0 radical (unpaired) electrons. The topological polar surface area (TPSA) is 215 Å². The van der Waals surface area contributed by atoms with Crippen molar-refractivity contribution >= 4 is 41.8 Å². The van der Waals surface area contributed by atoms with Gasteiger partial charge in [0.25, 0.3) is 5.91 Å². The van der Waals surface area contributed by atoms with Crippen LogP contribution in [0.1, 0.15) is 146 Å². The molecule has 4 aliphatic heterocycles. The zero-order valence-electron chi connectivity index (χ0n) is 41.6. The van der Waals surface area contributed by atoms with Crippen LogP contribution in [0.2, 0.25) is 0 Å². The van der Waals surface area contributed by atoms with Gasteiger partial charge < -0.3 is 44.2 Å². The zero-order chi connectivity index (χ0) is 50.4. The van der Waals surface area contributed by atoms with Crippen molar-refractivity contribution < 1.29 is 67.1 Å². The first kappa shape index (κ1) is 52.6. The summed E-state index contributed by atoms with van der Waals surface area (Å²) >= 11 is 0. The van der Waals surface area contributed by atoms with Crippen LogP contribution in [0.3, 0.4) is 0 Å². The summed E-state index contributed by atoms with van der Waals surface area (Å²) in [5.41, 5.74) is -0.562. The lowest BCUT2D eigenvalue weighted by Gasteiger charge is -2.48. The van der Waals surface area contributed by atoms with E-state index in [1.54, 1.807) is 77.1 Å². The summed E-state index contributed by atoms with van der Waals surface area (Å²) in [6, 6.07) is 12.1. The highest BCUT2D eigenvalue weighted by Crippen LogP contribution is 2.58. The van der Waals surface area contributed by atoms with Crippen LogP contribution in [0.25, 0.3) is 6.08 Å². The molecular formula is C53H71N3O14. The second kappa shape index (κ2) is 22.1. The van der Waals surface area contributed by atoms with Crippen molar-refractivity contribution in [3.8, 4) is 0 Å². The minimum Gasteiger partial charge on any atom is -0.462 e. The smallest absolute Gasteiger partial charge is 0.348 e. The molecule has 7 rings (SSSR count). The third kappa shape index (κ3) is 11.9. The molecule has 4 saturated heterocycles. The summed E-state index contributed by atoms with van der Waals surface area (Å²) < 4.78 is 36.1. The van der Waals surface area contributed by atoms with Crippen LogP contribution in [0.15, 0.2) is 54.6 Å². The number of carbonyl (C=O) groups is 6. The average molecular weight is 974 g/mol. The van der Waals surface area contributed by atoms with Crippen LogP contribution in [-0.4, -0.2) is 113 Å². The number of cyclic esters (lactones) is 1. The van der Waals surface area contributed by atoms with Crippen molar-refractivity contribution in [3.05, 3.63) is 76.9 Å². The van der Waals surface area contributed by atoms with Gasteiger partial charge in [-0.15, -0.1) is 0 Å². The number of carbonyl (C=O) groups excluding carboxylic acids is 6. The number of ether oxygens (including phenoxy) is 6. The quantitative estimate of drug-likeness (QED) is 0.0521. The molecule has 3 N–H and O–H groups in total. The number of nitrogens with one attached hydrogen (secondary N) is 2. The van der Waals surface area contributed by atoms with Crippen LogP contribution < -0.4 is 10.6 Å². The molecular weight excluding hydrogens is 903 g/mol. The fourth-order valence-electron chi connectivity index (χ4n) is 10.3. The molecule has 17 nitrogen and oxygen atoms in total. The van der Waals surface area contributed by atoms with Crippen molar-refractivity contribution in [1.29, 1.82) is 0 Å². The SMILES string of the molecule is CCCCCC1(CCCCC)OC2C3CC4(C(=O)NCc5cccc(C(=O)NC(CO)CCC(=O)OC(C)(C)C)c5)C(ON(Cc5cccc(C=CC(=O)OC6C(=O)OCC6(C)C)c5)C4C(=O)O3)C2O1. The summed E-state index contributed by atoms with van der Waals surface area (Å²) in [7, 11) is 0. The molecule has 1 saturated carbocycles. The highest BCUT2D eigenvalue weighted by molar-refractivity contribution is 5.95. The first-order valence-corrected chi connectivity index (χ1v) is 24.9. The summed E-state index contributed by atoms with van der Waals surface area (Å²) in [6.45, 7) is 13.0. The lowest BCUT2D eigenvalue weighted by atomic mass is 9.62. The molecule has 4 heterocycles. The largest absolute Gasteiger partial charge is 0.462 e. The van der Waals surface area contributed by atoms with Crippen molar-refractivity contribution in [2.75, 3.05) is 13.2 Å². The van der Waals surface area contributed by atoms with Crippen molar-refractivity contribution in [2.45, 2.75) is 186 Å². The Morgan fingerprint density at radius 1 is 0.929 bits per heavy atom. The van der Waals surface area contributed by atoms with E-state index in [-0.39, 0.29) is 51.1 Å².